The van der Waals surface area contributed by atoms with Crippen LogP contribution in [0.2, 0.25) is 0 Å². The third-order valence-corrected chi connectivity index (χ3v) is 6.04. The van der Waals surface area contributed by atoms with Crippen LogP contribution in [0.3, 0.4) is 0 Å². The second kappa shape index (κ2) is 9.83. The topological polar surface area (TPSA) is 102 Å². The number of rotatable bonds is 6. The summed E-state index contributed by atoms with van der Waals surface area (Å²) in [5, 5.41) is 0.733. The number of hydrazine groups is 1. The van der Waals surface area contributed by atoms with Gasteiger partial charge in [0, 0.05) is 22.7 Å². The van der Waals surface area contributed by atoms with Crippen LogP contribution in [-0.2, 0) is 10.5 Å². The Labute approximate surface area is 195 Å². The molecular formula is C24H24N6O2S. The van der Waals surface area contributed by atoms with E-state index in [2.05, 4.69) is 25.8 Å². The van der Waals surface area contributed by atoms with Crippen molar-refractivity contribution in [2.45, 2.75) is 37.7 Å². The second-order valence-electron chi connectivity index (χ2n) is 7.68. The molecule has 2 amide bonds. The molecule has 0 fully saturated rings. The smallest absolute Gasteiger partial charge is 0.269 e. The number of nitrogens with one attached hydrogen (secondary N) is 2. The Morgan fingerprint density at radius 1 is 1.00 bits per heavy atom. The number of aromatic nitrogens is 4. The van der Waals surface area contributed by atoms with Gasteiger partial charge in [-0.3, -0.25) is 20.4 Å². The van der Waals surface area contributed by atoms with Crippen LogP contribution in [0.4, 0.5) is 0 Å². The Bertz CT molecular complexity index is 1280. The summed E-state index contributed by atoms with van der Waals surface area (Å²) in [6.07, 6.45) is 1.62. The number of fused-ring (bicyclic) bond motifs is 1. The predicted molar refractivity (Wildman–Crippen MR) is 128 cm³/mol. The number of carbonyl (C=O) groups is 2. The van der Waals surface area contributed by atoms with Crippen LogP contribution in [0.5, 0.6) is 0 Å². The van der Waals surface area contributed by atoms with Crippen molar-refractivity contribution in [3.63, 3.8) is 0 Å². The SMILES string of the molecule is Cc1cc(C)nc(SCc2ccc(C(=O)NNC(=O)C(C)n3cnc4ccccc43)cc2)n1. The summed E-state index contributed by atoms with van der Waals surface area (Å²) >= 11 is 1.55. The van der Waals surface area contributed by atoms with Crippen LogP contribution in [0, 0.1) is 13.8 Å². The van der Waals surface area contributed by atoms with Crippen LogP contribution >= 0.6 is 11.8 Å². The average Bonchev–Trinajstić information content (AvgIpc) is 3.24. The molecule has 168 valence electrons. The fourth-order valence-electron chi connectivity index (χ4n) is 3.37. The van der Waals surface area contributed by atoms with Gasteiger partial charge in [-0.1, -0.05) is 36.0 Å². The van der Waals surface area contributed by atoms with Crippen molar-refractivity contribution in [3.8, 4) is 0 Å². The summed E-state index contributed by atoms with van der Waals surface area (Å²) in [5.74, 6) is -0.0337. The minimum absolute atomic E-state index is 0.340. The van der Waals surface area contributed by atoms with Gasteiger partial charge in [0.2, 0.25) is 0 Å². The number of aryl methyl sites for hydroxylation is 2. The van der Waals surface area contributed by atoms with E-state index in [9.17, 15) is 9.59 Å². The first kappa shape index (κ1) is 22.5. The van der Waals surface area contributed by atoms with Gasteiger partial charge in [0.15, 0.2) is 5.16 Å². The number of amides is 2. The molecule has 0 saturated carbocycles. The molecule has 4 rings (SSSR count). The molecule has 0 saturated heterocycles. The van der Waals surface area contributed by atoms with E-state index < -0.39 is 6.04 Å². The first-order valence-corrected chi connectivity index (χ1v) is 11.4. The van der Waals surface area contributed by atoms with E-state index in [-0.39, 0.29) is 11.8 Å². The maximum Gasteiger partial charge on any atom is 0.269 e. The van der Waals surface area contributed by atoms with Gasteiger partial charge in [0.25, 0.3) is 11.8 Å². The minimum Gasteiger partial charge on any atom is -0.318 e. The van der Waals surface area contributed by atoms with Crippen LogP contribution in [0.1, 0.15) is 40.3 Å². The maximum absolute atomic E-state index is 12.6. The minimum atomic E-state index is -0.537. The molecule has 2 aromatic carbocycles. The highest BCUT2D eigenvalue weighted by Gasteiger charge is 2.18. The van der Waals surface area contributed by atoms with Gasteiger partial charge in [-0.2, -0.15) is 0 Å². The summed E-state index contributed by atoms with van der Waals surface area (Å²) < 4.78 is 1.77. The molecule has 1 unspecified atom stereocenters. The number of hydrogen-bond acceptors (Lipinski definition) is 6. The van der Waals surface area contributed by atoms with Crippen molar-refractivity contribution in [1.29, 1.82) is 0 Å². The molecule has 0 aliphatic rings. The number of carbonyl (C=O) groups excluding carboxylic acids is 2. The zero-order valence-electron chi connectivity index (χ0n) is 18.6. The van der Waals surface area contributed by atoms with E-state index in [1.54, 1.807) is 41.7 Å². The third-order valence-electron chi connectivity index (χ3n) is 5.12. The van der Waals surface area contributed by atoms with Gasteiger partial charge < -0.3 is 4.57 Å². The Morgan fingerprint density at radius 2 is 1.70 bits per heavy atom. The molecule has 0 bridgehead atoms. The number of para-hydroxylation sites is 2. The number of imidazole rings is 1. The maximum atomic E-state index is 12.6. The number of nitrogens with zero attached hydrogens (tertiary/aromatic N) is 4. The lowest BCUT2D eigenvalue weighted by Gasteiger charge is -2.15. The lowest BCUT2D eigenvalue weighted by atomic mass is 10.1. The lowest BCUT2D eigenvalue weighted by Crippen LogP contribution is -2.44. The number of benzene rings is 2. The molecule has 9 heteroatoms. The van der Waals surface area contributed by atoms with Gasteiger partial charge in [-0.05, 0) is 56.7 Å². The van der Waals surface area contributed by atoms with Gasteiger partial charge in [0.05, 0.1) is 17.4 Å². The zero-order chi connectivity index (χ0) is 23.4. The Morgan fingerprint density at radius 3 is 2.42 bits per heavy atom. The molecule has 4 aromatic rings. The predicted octanol–water partition coefficient (Wildman–Crippen LogP) is 3.76. The van der Waals surface area contributed by atoms with E-state index in [4.69, 9.17) is 0 Å². The summed E-state index contributed by atoms with van der Waals surface area (Å²) in [7, 11) is 0. The molecule has 8 nitrogen and oxygen atoms in total. The highest BCUT2D eigenvalue weighted by molar-refractivity contribution is 7.98. The molecule has 0 radical (unpaired) electrons. The van der Waals surface area contributed by atoms with Crippen LogP contribution in [-0.4, -0.2) is 31.3 Å². The Hall–Kier alpha value is -3.72. The van der Waals surface area contributed by atoms with Crippen molar-refractivity contribution in [2.24, 2.45) is 0 Å². The monoisotopic (exact) mass is 460 g/mol. The fraction of sp³-hybridized carbons (Fsp3) is 0.208. The Kier molecular flexibility index (Phi) is 6.69. The van der Waals surface area contributed by atoms with Crippen LogP contribution < -0.4 is 10.9 Å². The molecule has 0 spiro atoms. The number of thioether (sulfide) groups is 1. The first-order valence-electron chi connectivity index (χ1n) is 10.5. The quantitative estimate of drug-likeness (QED) is 0.258. The van der Waals surface area contributed by atoms with Gasteiger partial charge in [0.1, 0.15) is 6.04 Å². The Balaban J connectivity index is 1.31. The molecule has 2 aromatic heterocycles. The summed E-state index contributed by atoms with van der Waals surface area (Å²) in [4.78, 5) is 38.2. The highest BCUT2D eigenvalue weighted by Crippen LogP contribution is 2.20. The van der Waals surface area contributed by atoms with Gasteiger partial charge in [-0.25, -0.2) is 15.0 Å². The van der Waals surface area contributed by atoms with E-state index >= 15 is 0 Å². The summed E-state index contributed by atoms with van der Waals surface area (Å²) in [5.41, 5.74) is 10.0. The van der Waals surface area contributed by atoms with E-state index in [0.29, 0.717) is 11.3 Å². The van der Waals surface area contributed by atoms with Crippen LogP contribution in [0.15, 0.2) is 66.1 Å². The van der Waals surface area contributed by atoms with E-state index in [0.717, 1.165) is 33.1 Å². The van der Waals surface area contributed by atoms with Crippen molar-refractivity contribution in [2.75, 3.05) is 0 Å². The lowest BCUT2D eigenvalue weighted by molar-refractivity contribution is -0.124. The van der Waals surface area contributed by atoms with Crippen molar-refractivity contribution in [1.82, 2.24) is 30.4 Å². The molecule has 0 aliphatic heterocycles. The molecule has 1 atom stereocenters. The highest BCUT2D eigenvalue weighted by atomic mass is 32.2. The largest absolute Gasteiger partial charge is 0.318 e. The van der Waals surface area contributed by atoms with Crippen molar-refractivity contribution in [3.05, 3.63) is 83.4 Å². The third kappa shape index (κ3) is 5.38. The van der Waals surface area contributed by atoms with Gasteiger partial charge >= 0.3 is 0 Å². The normalized spacial score (nSPS) is 11.8. The van der Waals surface area contributed by atoms with E-state index in [1.807, 2.05) is 56.3 Å². The van der Waals surface area contributed by atoms with Gasteiger partial charge in [-0.15, -0.1) is 0 Å². The number of hydrogen-bond donors (Lipinski definition) is 2. The standard InChI is InChI=1S/C24H24N6O2S/c1-15-12-16(2)27-24(26-15)33-13-18-8-10-19(11-9-18)23(32)29-28-22(31)17(3)30-14-25-20-6-4-5-7-21(20)30/h4-12,14,17H,13H2,1-3H3,(H,28,31)(H,29,32). The molecular weight excluding hydrogens is 436 g/mol. The summed E-state index contributed by atoms with van der Waals surface area (Å²) in [6, 6.07) is 16.2. The zero-order valence-corrected chi connectivity index (χ0v) is 19.4. The van der Waals surface area contributed by atoms with E-state index in [1.165, 1.54) is 0 Å². The molecule has 33 heavy (non-hydrogen) atoms. The molecule has 0 aliphatic carbocycles. The average molecular weight is 461 g/mol. The van der Waals surface area contributed by atoms with Crippen LogP contribution in [0.25, 0.3) is 11.0 Å². The summed E-state index contributed by atoms with van der Waals surface area (Å²) in [6.45, 7) is 5.65. The van der Waals surface area contributed by atoms with Crippen molar-refractivity contribution >= 4 is 34.6 Å². The van der Waals surface area contributed by atoms with Crippen molar-refractivity contribution < 1.29 is 9.59 Å². The second-order valence-corrected chi connectivity index (χ2v) is 8.62. The molecule has 2 heterocycles. The molecule has 2 N–H and O–H groups in total. The fourth-order valence-corrected chi connectivity index (χ4v) is 4.27. The first-order chi connectivity index (χ1) is 15.9.